The van der Waals surface area contributed by atoms with Gasteiger partial charge in [-0.3, -0.25) is 24.0 Å². The van der Waals surface area contributed by atoms with E-state index in [1.807, 2.05) is 0 Å². The SMILES string of the molecule is CC(=O)N[C@H](Cc1ccc(OC(C)=O)c(OC(C)=O)c1)C(=O)NCCCC[C@@](C)(NC(=O)C(F)(F)F)C(=O)O. The molecule has 15 heteroatoms. The summed E-state index contributed by atoms with van der Waals surface area (Å²) in [7, 11) is 0. The molecule has 12 nitrogen and oxygen atoms in total. The van der Waals surface area contributed by atoms with Crippen molar-refractivity contribution in [3.63, 3.8) is 0 Å². The number of aliphatic carboxylic acids is 1. The Morgan fingerprint density at radius 3 is 2.05 bits per heavy atom. The molecule has 0 bridgehead atoms. The van der Waals surface area contributed by atoms with Gasteiger partial charge in [0.1, 0.15) is 11.6 Å². The van der Waals surface area contributed by atoms with Crippen molar-refractivity contribution in [2.75, 3.05) is 6.54 Å². The Labute approximate surface area is 221 Å². The third kappa shape index (κ3) is 11.4. The number of nitrogens with one attached hydrogen (secondary N) is 3. The van der Waals surface area contributed by atoms with Crippen LogP contribution < -0.4 is 25.4 Å². The molecule has 0 aliphatic rings. The first-order valence-electron chi connectivity index (χ1n) is 11.6. The van der Waals surface area contributed by atoms with Gasteiger partial charge in [0.05, 0.1) is 0 Å². The number of amides is 3. The van der Waals surface area contributed by atoms with Crippen LogP contribution in [-0.2, 0) is 35.2 Å². The number of unbranched alkanes of at least 4 members (excludes halogenated alkanes) is 1. The lowest BCUT2D eigenvalue weighted by molar-refractivity contribution is -0.177. The number of carboxylic acids is 1. The van der Waals surface area contributed by atoms with Crippen LogP contribution >= 0.6 is 0 Å². The van der Waals surface area contributed by atoms with Gasteiger partial charge >= 0.3 is 30.0 Å². The zero-order valence-corrected chi connectivity index (χ0v) is 21.7. The molecule has 1 aromatic carbocycles. The summed E-state index contributed by atoms with van der Waals surface area (Å²) in [5, 5.41) is 15.8. The van der Waals surface area contributed by atoms with Gasteiger partial charge in [-0.1, -0.05) is 6.07 Å². The quantitative estimate of drug-likeness (QED) is 0.157. The van der Waals surface area contributed by atoms with Crippen molar-refractivity contribution in [3.05, 3.63) is 23.8 Å². The molecule has 2 atom stereocenters. The van der Waals surface area contributed by atoms with E-state index in [0.29, 0.717) is 5.56 Å². The normalized spacial score (nSPS) is 13.3. The molecule has 1 rings (SSSR count). The first-order chi connectivity index (χ1) is 17.9. The summed E-state index contributed by atoms with van der Waals surface area (Å²) in [5.74, 6) is -6.61. The third-order valence-corrected chi connectivity index (χ3v) is 5.17. The summed E-state index contributed by atoms with van der Waals surface area (Å²) in [6.07, 6.45) is -5.46. The molecule has 0 radical (unpaired) electrons. The largest absolute Gasteiger partial charge is 0.480 e. The van der Waals surface area contributed by atoms with E-state index >= 15 is 0 Å². The van der Waals surface area contributed by atoms with E-state index in [9.17, 15) is 47.0 Å². The average Bonchev–Trinajstić information content (AvgIpc) is 2.78. The monoisotopic (exact) mass is 561 g/mol. The molecule has 0 saturated heterocycles. The zero-order valence-electron chi connectivity index (χ0n) is 21.7. The maximum atomic E-state index is 12.7. The van der Waals surface area contributed by atoms with Crippen molar-refractivity contribution in [2.45, 2.75) is 71.1 Å². The number of carbonyl (C=O) groups is 6. The van der Waals surface area contributed by atoms with Gasteiger partial charge in [0.25, 0.3) is 0 Å². The maximum Gasteiger partial charge on any atom is 0.471 e. The molecule has 39 heavy (non-hydrogen) atoms. The molecular weight excluding hydrogens is 531 g/mol. The van der Waals surface area contributed by atoms with Gasteiger partial charge in [-0.2, -0.15) is 13.2 Å². The highest BCUT2D eigenvalue weighted by atomic mass is 19.4. The van der Waals surface area contributed by atoms with Crippen molar-refractivity contribution in [1.29, 1.82) is 0 Å². The summed E-state index contributed by atoms with van der Waals surface area (Å²) >= 11 is 0. The molecule has 0 aliphatic heterocycles. The predicted octanol–water partition coefficient (Wildman–Crippen LogP) is 1.39. The Hall–Kier alpha value is -4.17. The number of hydrogen-bond acceptors (Lipinski definition) is 8. The van der Waals surface area contributed by atoms with E-state index < -0.39 is 53.4 Å². The van der Waals surface area contributed by atoms with Gasteiger partial charge in [-0.25, -0.2) is 4.79 Å². The molecule has 0 spiro atoms. The van der Waals surface area contributed by atoms with Gasteiger partial charge in [0, 0.05) is 33.7 Å². The Balaban J connectivity index is 2.83. The fourth-order valence-corrected chi connectivity index (χ4v) is 3.33. The highest BCUT2D eigenvalue weighted by molar-refractivity contribution is 5.89. The number of esters is 2. The van der Waals surface area contributed by atoms with Gasteiger partial charge in [-0.05, 0) is 43.9 Å². The van der Waals surface area contributed by atoms with Crippen molar-refractivity contribution in [1.82, 2.24) is 16.0 Å². The highest BCUT2D eigenvalue weighted by Gasteiger charge is 2.45. The number of benzene rings is 1. The number of halogens is 3. The molecule has 3 amide bonds. The van der Waals surface area contributed by atoms with Gasteiger partial charge in [-0.15, -0.1) is 0 Å². The van der Waals surface area contributed by atoms with Gasteiger partial charge in [0.2, 0.25) is 11.8 Å². The third-order valence-electron chi connectivity index (χ3n) is 5.17. The minimum atomic E-state index is -5.25. The minimum Gasteiger partial charge on any atom is -0.480 e. The molecule has 1 aromatic rings. The molecule has 0 unspecified atom stereocenters. The van der Waals surface area contributed by atoms with Crippen molar-refractivity contribution in [2.24, 2.45) is 0 Å². The first kappa shape index (κ1) is 32.9. The molecule has 216 valence electrons. The Morgan fingerprint density at radius 1 is 0.949 bits per heavy atom. The van der Waals surface area contributed by atoms with Gasteiger partial charge in [0.15, 0.2) is 11.5 Å². The molecule has 0 saturated carbocycles. The number of rotatable bonds is 13. The molecule has 0 heterocycles. The molecule has 0 aliphatic carbocycles. The topological polar surface area (TPSA) is 177 Å². The number of carbonyl (C=O) groups excluding carboxylic acids is 5. The lowest BCUT2D eigenvalue weighted by Crippen LogP contribution is -2.55. The van der Waals surface area contributed by atoms with Crippen LogP contribution in [0.15, 0.2) is 18.2 Å². The molecular formula is C24H30F3N3O9. The van der Waals surface area contributed by atoms with E-state index in [4.69, 9.17) is 9.47 Å². The number of ether oxygens (including phenoxy) is 2. The Bertz CT molecular complexity index is 1110. The van der Waals surface area contributed by atoms with Crippen LogP contribution in [0, 0.1) is 0 Å². The van der Waals surface area contributed by atoms with Crippen LogP contribution in [0.25, 0.3) is 0 Å². The van der Waals surface area contributed by atoms with Crippen molar-refractivity contribution >= 4 is 35.6 Å². The summed E-state index contributed by atoms with van der Waals surface area (Å²) in [6.45, 7) is 4.42. The Morgan fingerprint density at radius 2 is 1.54 bits per heavy atom. The second-order valence-electron chi connectivity index (χ2n) is 8.76. The van der Waals surface area contributed by atoms with Crippen molar-refractivity contribution < 1.29 is 56.5 Å². The first-order valence-corrected chi connectivity index (χ1v) is 11.6. The van der Waals surface area contributed by atoms with Crippen LogP contribution in [0.5, 0.6) is 11.5 Å². The average molecular weight is 562 g/mol. The van der Waals surface area contributed by atoms with Crippen LogP contribution in [-0.4, -0.2) is 65.0 Å². The van der Waals surface area contributed by atoms with Crippen LogP contribution in [0.1, 0.15) is 52.5 Å². The molecule has 0 aromatic heterocycles. The molecule has 4 N–H and O–H groups in total. The maximum absolute atomic E-state index is 12.7. The van der Waals surface area contributed by atoms with Gasteiger partial charge < -0.3 is 30.5 Å². The number of hydrogen-bond donors (Lipinski definition) is 4. The van der Waals surface area contributed by atoms with Crippen molar-refractivity contribution in [3.8, 4) is 11.5 Å². The summed E-state index contributed by atoms with van der Waals surface area (Å²) in [6, 6.07) is 3.14. The summed E-state index contributed by atoms with van der Waals surface area (Å²) < 4.78 is 47.6. The van der Waals surface area contributed by atoms with Crippen LogP contribution in [0.2, 0.25) is 0 Å². The van der Waals surface area contributed by atoms with E-state index in [2.05, 4.69) is 10.6 Å². The minimum absolute atomic E-state index is 0.0120. The fraction of sp³-hybridized carbons (Fsp3) is 0.500. The smallest absolute Gasteiger partial charge is 0.471 e. The second kappa shape index (κ2) is 14.1. The second-order valence-corrected chi connectivity index (χ2v) is 8.76. The molecule has 0 fully saturated rings. The highest BCUT2D eigenvalue weighted by Crippen LogP contribution is 2.29. The van der Waals surface area contributed by atoms with E-state index in [0.717, 1.165) is 20.8 Å². The van der Waals surface area contributed by atoms with E-state index in [1.54, 1.807) is 0 Å². The van der Waals surface area contributed by atoms with Crippen LogP contribution in [0.4, 0.5) is 13.2 Å². The zero-order chi connectivity index (χ0) is 30.0. The standard InChI is InChI=1S/C24H30F3N3O9/c1-13(31)29-17(11-16-7-8-18(38-14(2)32)19(12-16)39-15(3)33)20(34)28-10-6-5-9-23(4,22(36)37)30-21(35)24(25,26)27/h7-8,12,17H,5-6,9-11H2,1-4H3,(H,28,34)(H,29,31)(H,30,35)(H,36,37)/t17-,23-/m1/s1. The lowest BCUT2D eigenvalue weighted by Gasteiger charge is -2.26. The predicted molar refractivity (Wildman–Crippen MR) is 127 cm³/mol. The lowest BCUT2D eigenvalue weighted by atomic mass is 9.94. The van der Waals surface area contributed by atoms with Crippen LogP contribution in [0.3, 0.4) is 0 Å². The number of alkyl halides is 3. The summed E-state index contributed by atoms with van der Waals surface area (Å²) in [5.41, 5.74) is -1.73. The Kier molecular flexibility index (Phi) is 11.9. The fourth-order valence-electron chi connectivity index (χ4n) is 3.33. The summed E-state index contributed by atoms with van der Waals surface area (Å²) in [4.78, 5) is 69.7. The number of carboxylic acid groups (broad SMARTS) is 1. The van der Waals surface area contributed by atoms with E-state index in [-0.39, 0.29) is 43.7 Å². The van der Waals surface area contributed by atoms with E-state index in [1.165, 1.54) is 30.4 Å².